The highest BCUT2D eigenvalue weighted by Crippen LogP contribution is 2.33. The number of piperidine rings is 1. The zero-order valence-electron chi connectivity index (χ0n) is 20.3. The molecule has 0 bridgehead atoms. The number of carbonyl (C=O) groups excluding carboxylic acids is 3. The van der Waals surface area contributed by atoms with Gasteiger partial charge in [0.2, 0.25) is 5.78 Å². The van der Waals surface area contributed by atoms with Crippen LogP contribution in [-0.2, 0) is 19.1 Å². The van der Waals surface area contributed by atoms with Gasteiger partial charge in [0.15, 0.2) is 17.1 Å². The van der Waals surface area contributed by atoms with Crippen LogP contribution in [0.5, 0.6) is 11.5 Å². The molecule has 3 aromatic rings. The predicted octanol–water partition coefficient (Wildman–Crippen LogP) is 3.26. The zero-order chi connectivity index (χ0) is 25.8. The van der Waals surface area contributed by atoms with Gasteiger partial charge in [0.05, 0.1) is 12.8 Å². The third-order valence-corrected chi connectivity index (χ3v) is 6.51. The SMILES string of the molecule is COc1cc(C(=O)C2OC(=O)C=CC(=O)O2)ccc1OCCN1CCC(c2noc3ccccc23)CC1. The Morgan fingerprint density at radius 2 is 1.76 bits per heavy atom. The number of para-hydroxylation sites is 1. The predicted molar refractivity (Wildman–Crippen MR) is 130 cm³/mol. The van der Waals surface area contributed by atoms with Gasteiger partial charge in [-0.3, -0.25) is 9.69 Å². The standard InChI is InChI=1S/C27H26N2O8/c1-33-22-16-18(26(32)27-35-23(30)8-9-24(31)36-27)6-7-21(22)34-15-14-29-12-10-17(11-13-29)25-19-4-2-3-5-20(19)37-28-25/h2-9,16-17,27H,10-15H2,1H3. The van der Waals surface area contributed by atoms with Gasteiger partial charge in [-0.15, -0.1) is 0 Å². The molecule has 5 rings (SSSR count). The van der Waals surface area contributed by atoms with Gasteiger partial charge in [-0.1, -0.05) is 17.3 Å². The first kappa shape index (κ1) is 24.5. The van der Waals surface area contributed by atoms with Crippen molar-refractivity contribution in [1.82, 2.24) is 10.1 Å². The van der Waals surface area contributed by atoms with Crippen LogP contribution in [0.4, 0.5) is 0 Å². The van der Waals surface area contributed by atoms with Crippen molar-refractivity contribution in [3.63, 3.8) is 0 Å². The third-order valence-electron chi connectivity index (χ3n) is 6.51. The number of cyclic esters (lactones) is 2. The molecule has 0 aliphatic carbocycles. The second-order valence-electron chi connectivity index (χ2n) is 8.80. The number of benzene rings is 2. The smallest absolute Gasteiger partial charge is 0.334 e. The maximum absolute atomic E-state index is 12.7. The summed E-state index contributed by atoms with van der Waals surface area (Å²) in [5, 5.41) is 5.41. The van der Waals surface area contributed by atoms with E-state index in [0.717, 1.165) is 61.3 Å². The van der Waals surface area contributed by atoms with Crippen molar-refractivity contribution in [1.29, 1.82) is 0 Å². The second-order valence-corrected chi connectivity index (χ2v) is 8.80. The first-order valence-electron chi connectivity index (χ1n) is 12.0. The van der Waals surface area contributed by atoms with Gasteiger partial charge in [-0.25, -0.2) is 9.59 Å². The molecule has 0 N–H and O–H groups in total. The minimum Gasteiger partial charge on any atom is -0.493 e. The lowest BCUT2D eigenvalue weighted by molar-refractivity contribution is -0.169. The number of ether oxygens (including phenoxy) is 4. The van der Waals surface area contributed by atoms with Gasteiger partial charge in [0, 0.05) is 35.6 Å². The van der Waals surface area contributed by atoms with Crippen molar-refractivity contribution in [3.8, 4) is 11.5 Å². The van der Waals surface area contributed by atoms with Crippen LogP contribution >= 0.6 is 0 Å². The molecule has 3 heterocycles. The average Bonchev–Trinajstić information content (AvgIpc) is 3.28. The zero-order valence-corrected chi connectivity index (χ0v) is 20.3. The van der Waals surface area contributed by atoms with E-state index >= 15 is 0 Å². The topological polar surface area (TPSA) is 117 Å². The molecule has 0 radical (unpaired) electrons. The summed E-state index contributed by atoms with van der Waals surface area (Å²) >= 11 is 0. The number of esters is 2. The number of ketones is 1. The molecule has 2 aliphatic heterocycles. The molecule has 0 atom stereocenters. The first-order chi connectivity index (χ1) is 18.0. The van der Waals surface area contributed by atoms with Gasteiger partial charge in [-0.05, 0) is 56.3 Å². The second kappa shape index (κ2) is 10.8. The Kier molecular flexibility index (Phi) is 7.18. The lowest BCUT2D eigenvalue weighted by Gasteiger charge is -2.31. The van der Waals surface area contributed by atoms with Crippen LogP contribution in [0.1, 0.15) is 34.8 Å². The van der Waals surface area contributed by atoms with Crippen LogP contribution in [0.15, 0.2) is 59.1 Å². The van der Waals surface area contributed by atoms with Gasteiger partial charge < -0.3 is 23.5 Å². The van der Waals surface area contributed by atoms with Crippen LogP contribution < -0.4 is 9.47 Å². The molecule has 0 amide bonds. The number of rotatable bonds is 8. The highest BCUT2D eigenvalue weighted by molar-refractivity contribution is 6.03. The van der Waals surface area contributed by atoms with E-state index in [1.54, 1.807) is 6.07 Å². The van der Waals surface area contributed by atoms with E-state index in [0.29, 0.717) is 24.0 Å². The fraction of sp³-hybridized carbons (Fsp3) is 0.333. The van der Waals surface area contributed by atoms with E-state index in [2.05, 4.69) is 16.1 Å². The lowest BCUT2D eigenvalue weighted by Crippen LogP contribution is -2.36. The monoisotopic (exact) mass is 506 g/mol. The van der Waals surface area contributed by atoms with Crippen LogP contribution in [-0.4, -0.2) is 67.4 Å². The number of likely N-dealkylation sites (tertiary alicyclic amines) is 1. The molecule has 10 nitrogen and oxygen atoms in total. The molecule has 1 aromatic heterocycles. The fourth-order valence-corrected chi connectivity index (χ4v) is 4.55. The summed E-state index contributed by atoms with van der Waals surface area (Å²) < 4.78 is 26.6. The normalized spacial score (nSPS) is 17.3. The Balaban J connectivity index is 1.14. The van der Waals surface area contributed by atoms with Crippen LogP contribution in [0.2, 0.25) is 0 Å². The van der Waals surface area contributed by atoms with Gasteiger partial charge >= 0.3 is 18.2 Å². The summed E-state index contributed by atoms with van der Waals surface area (Å²) in [6.45, 7) is 3.02. The summed E-state index contributed by atoms with van der Waals surface area (Å²) in [5.74, 6) is -1.18. The average molecular weight is 507 g/mol. The van der Waals surface area contributed by atoms with E-state index in [-0.39, 0.29) is 5.56 Å². The van der Waals surface area contributed by atoms with E-state index < -0.39 is 24.0 Å². The molecule has 37 heavy (non-hydrogen) atoms. The fourth-order valence-electron chi connectivity index (χ4n) is 4.55. The first-order valence-corrected chi connectivity index (χ1v) is 12.0. The molecule has 0 unspecified atom stereocenters. The minimum absolute atomic E-state index is 0.152. The maximum atomic E-state index is 12.7. The van der Waals surface area contributed by atoms with Gasteiger partial charge in [0.1, 0.15) is 6.61 Å². The molecule has 1 fully saturated rings. The highest BCUT2D eigenvalue weighted by atomic mass is 16.7. The number of methoxy groups -OCH3 is 1. The third kappa shape index (κ3) is 5.49. The minimum atomic E-state index is -1.66. The Hall–Kier alpha value is -4.18. The van der Waals surface area contributed by atoms with E-state index in [4.69, 9.17) is 23.5 Å². The Labute approximate surface area is 212 Å². The molecule has 1 saturated heterocycles. The van der Waals surface area contributed by atoms with Crippen molar-refractivity contribution in [2.75, 3.05) is 33.4 Å². The van der Waals surface area contributed by atoms with Gasteiger partial charge in [0.25, 0.3) is 0 Å². The number of carbonyl (C=O) groups is 3. The Morgan fingerprint density at radius 1 is 1.03 bits per heavy atom. The summed E-state index contributed by atoms with van der Waals surface area (Å²) in [5.41, 5.74) is 2.01. The Bertz CT molecular complexity index is 1320. The van der Waals surface area contributed by atoms with Crippen molar-refractivity contribution in [3.05, 3.63) is 65.9 Å². The molecule has 10 heteroatoms. The maximum Gasteiger partial charge on any atom is 0.334 e. The van der Waals surface area contributed by atoms with E-state index in [1.165, 1.54) is 19.2 Å². The van der Waals surface area contributed by atoms with Crippen LogP contribution in [0.25, 0.3) is 11.0 Å². The summed E-state index contributed by atoms with van der Waals surface area (Å²) in [6.07, 6.45) is 2.13. The summed E-state index contributed by atoms with van der Waals surface area (Å²) in [4.78, 5) is 38.2. The molecule has 2 aromatic carbocycles. The van der Waals surface area contributed by atoms with Crippen molar-refractivity contribution < 1.29 is 37.9 Å². The number of aromatic nitrogens is 1. The molecular formula is C27H26N2O8. The molecule has 0 spiro atoms. The lowest BCUT2D eigenvalue weighted by atomic mass is 9.91. The number of nitrogens with zero attached hydrogens (tertiary/aromatic N) is 2. The number of hydrogen-bond donors (Lipinski definition) is 0. The summed E-state index contributed by atoms with van der Waals surface area (Å²) in [6, 6.07) is 12.5. The van der Waals surface area contributed by atoms with Crippen LogP contribution in [0.3, 0.4) is 0 Å². The number of Topliss-reactive ketones (excluding diaryl/α,β-unsaturated/α-hetero) is 1. The summed E-state index contributed by atoms with van der Waals surface area (Å²) in [7, 11) is 1.46. The number of hydrogen-bond acceptors (Lipinski definition) is 10. The van der Waals surface area contributed by atoms with E-state index in [9.17, 15) is 14.4 Å². The quantitative estimate of drug-likeness (QED) is 0.333. The Morgan fingerprint density at radius 3 is 2.49 bits per heavy atom. The molecule has 0 saturated carbocycles. The van der Waals surface area contributed by atoms with E-state index in [1.807, 2.05) is 18.2 Å². The highest BCUT2D eigenvalue weighted by Gasteiger charge is 2.30. The van der Waals surface area contributed by atoms with Crippen molar-refractivity contribution in [2.45, 2.75) is 25.0 Å². The van der Waals surface area contributed by atoms with Crippen molar-refractivity contribution >= 4 is 28.7 Å². The van der Waals surface area contributed by atoms with Gasteiger partial charge in [-0.2, -0.15) is 0 Å². The largest absolute Gasteiger partial charge is 0.493 e. The van der Waals surface area contributed by atoms with Crippen molar-refractivity contribution in [2.24, 2.45) is 0 Å². The molecule has 192 valence electrons. The van der Waals surface area contributed by atoms with Crippen LogP contribution in [0, 0.1) is 0 Å². The molecular weight excluding hydrogens is 480 g/mol. The number of fused-ring (bicyclic) bond motifs is 1. The molecule has 2 aliphatic rings.